The number of amides is 2. The largest absolute Gasteiger partial charge is 0.497 e. The summed E-state index contributed by atoms with van der Waals surface area (Å²) in [5.41, 5.74) is 2.86. The number of halogens is 1. The number of fused-ring (bicyclic) bond motifs is 3. The molecule has 2 atom stereocenters. The van der Waals surface area contributed by atoms with Gasteiger partial charge in [0.15, 0.2) is 5.82 Å². The number of aromatic nitrogens is 2. The Kier molecular flexibility index (Phi) is 5.92. The molecular weight excluding hydrogens is 477 g/mol. The van der Waals surface area contributed by atoms with Gasteiger partial charge in [0.1, 0.15) is 17.9 Å². The molecule has 36 heavy (non-hydrogen) atoms. The molecule has 7 nitrogen and oxygen atoms in total. The number of hydrogen-bond acceptors (Lipinski definition) is 6. The van der Waals surface area contributed by atoms with Gasteiger partial charge in [-0.2, -0.15) is 0 Å². The Hall–Kier alpha value is -3.72. The summed E-state index contributed by atoms with van der Waals surface area (Å²) in [7, 11) is 1.64. The minimum Gasteiger partial charge on any atom is -0.497 e. The normalized spacial score (nSPS) is 19.1. The number of carbonyl (C=O) groups is 1. The van der Waals surface area contributed by atoms with Crippen LogP contribution in [0.2, 0.25) is 0 Å². The van der Waals surface area contributed by atoms with E-state index in [0.717, 1.165) is 50.6 Å². The zero-order valence-electron chi connectivity index (χ0n) is 19.9. The van der Waals surface area contributed by atoms with Gasteiger partial charge < -0.3 is 19.9 Å². The van der Waals surface area contributed by atoms with E-state index in [1.165, 1.54) is 12.1 Å². The maximum Gasteiger partial charge on any atom is 0.317 e. The summed E-state index contributed by atoms with van der Waals surface area (Å²) in [6.07, 6.45) is 3.66. The standard InChI is InChI=1S/C27H26FN5O2S/c1-35-22-4-2-3-17(11-22)13-29-27(34)32-14-20-9-10-21(15-32)33(20)26-25-23(30-16-31-26)12-24(36-25)18-5-7-19(28)8-6-18/h2-8,11-12,16,20-21H,9-10,13-15H2,1H3,(H,29,34). The monoisotopic (exact) mass is 503 g/mol. The molecule has 2 aromatic carbocycles. The molecule has 6 rings (SSSR count). The topological polar surface area (TPSA) is 70.6 Å². The molecular formula is C27H26FN5O2S. The van der Waals surface area contributed by atoms with E-state index in [9.17, 15) is 9.18 Å². The molecule has 2 aliphatic heterocycles. The van der Waals surface area contributed by atoms with E-state index < -0.39 is 0 Å². The number of hydrogen-bond donors (Lipinski definition) is 1. The van der Waals surface area contributed by atoms with Crippen LogP contribution in [0.4, 0.5) is 15.0 Å². The molecule has 2 saturated heterocycles. The molecule has 2 amide bonds. The second-order valence-electron chi connectivity index (χ2n) is 9.24. The molecule has 2 bridgehead atoms. The SMILES string of the molecule is COc1cccc(CNC(=O)N2CC3CCC(C2)N3c2ncnc3cc(-c4ccc(F)cc4)sc23)c1. The van der Waals surface area contributed by atoms with Crippen molar-refractivity contribution >= 4 is 33.4 Å². The summed E-state index contributed by atoms with van der Waals surface area (Å²) < 4.78 is 19.7. The van der Waals surface area contributed by atoms with Crippen LogP contribution < -0.4 is 15.0 Å². The van der Waals surface area contributed by atoms with Crippen molar-refractivity contribution in [3.63, 3.8) is 0 Å². The Morgan fingerprint density at radius 3 is 2.64 bits per heavy atom. The Morgan fingerprint density at radius 2 is 1.89 bits per heavy atom. The van der Waals surface area contributed by atoms with Crippen molar-refractivity contribution in [2.24, 2.45) is 0 Å². The van der Waals surface area contributed by atoms with Crippen LogP contribution in [0.1, 0.15) is 18.4 Å². The lowest BCUT2D eigenvalue weighted by Crippen LogP contribution is -2.57. The van der Waals surface area contributed by atoms with E-state index in [1.54, 1.807) is 36.9 Å². The third kappa shape index (κ3) is 4.24. The maximum atomic E-state index is 13.4. The smallest absolute Gasteiger partial charge is 0.317 e. The van der Waals surface area contributed by atoms with Gasteiger partial charge in [-0.3, -0.25) is 0 Å². The van der Waals surface area contributed by atoms with Crippen molar-refractivity contribution < 1.29 is 13.9 Å². The predicted octanol–water partition coefficient (Wildman–Crippen LogP) is 5.07. The van der Waals surface area contributed by atoms with Gasteiger partial charge in [-0.1, -0.05) is 24.3 Å². The Morgan fingerprint density at radius 1 is 1.11 bits per heavy atom. The summed E-state index contributed by atoms with van der Waals surface area (Å²) >= 11 is 1.63. The van der Waals surface area contributed by atoms with Crippen molar-refractivity contribution in [2.45, 2.75) is 31.5 Å². The third-order valence-electron chi connectivity index (χ3n) is 7.01. The lowest BCUT2D eigenvalue weighted by atomic mass is 10.1. The van der Waals surface area contributed by atoms with E-state index in [-0.39, 0.29) is 23.9 Å². The fraction of sp³-hybridized carbons (Fsp3) is 0.296. The number of nitrogens with one attached hydrogen (secondary N) is 1. The van der Waals surface area contributed by atoms with E-state index in [2.05, 4.69) is 20.2 Å². The molecule has 0 aliphatic carbocycles. The number of anilines is 1. The van der Waals surface area contributed by atoms with Gasteiger partial charge in [0.2, 0.25) is 0 Å². The molecule has 2 aromatic heterocycles. The van der Waals surface area contributed by atoms with Crippen molar-refractivity contribution in [1.82, 2.24) is 20.2 Å². The van der Waals surface area contributed by atoms with Crippen LogP contribution in [-0.2, 0) is 6.54 Å². The molecule has 2 aliphatic rings. The molecule has 1 N–H and O–H groups in total. The fourth-order valence-corrected chi connectivity index (χ4v) is 6.38. The van der Waals surface area contributed by atoms with Gasteiger partial charge in [0.05, 0.1) is 17.3 Å². The predicted molar refractivity (Wildman–Crippen MR) is 139 cm³/mol. The molecule has 0 spiro atoms. The summed E-state index contributed by atoms with van der Waals surface area (Å²) in [6.45, 7) is 1.77. The molecule has 2 fully saturated rings. The van der Waals surface area contributed by atoms with Crippen LogP contribution in [0.15, 0.2) is 60.9 Å². The highest BCUT2D eigenvalue weighted by molar-refractivity contribution is 7.22. The van der Waals surface area contributed by atoms with Gasteiger partial charge in [0, 0.05) is 36.6 Å². The summed E-state index contributed by atoms with van der Waals surface area (Å²) in [4.78, 5) is 27.5. The van der Waals surface area contributed by atoms with Crippen LogP contribution in [-0.4, -0.2) is 53.2 Å². The first kappa shape index (κ1) is 22.7. The third-order valence-corrected chi connectivity index (χ3v) is 8.18. The Bertz CT molecular complexity index is 1400. The lowest BCUT2D eigenvalue weighted by molar-refractivity contribution is 0.183. The van der Waals surface area contributed by atoms with Crippen molar-refractivity contribution in [2.75, 3.05) is 25.1 Å². The average Bonchev–Trinajstić information content (AvgIpc) is 3.45. The first-order valence-electron chi connectivity index (χ1n) is 12.0. The van der Waals surface area contributed by atoms with Gasteiger partial charge in [-0.05, 0) is 54.3 Å². The number of piperazine rings is 1. The number of carbonyl (C=O) groups excluding carboxylic acids is 1. The van der Waals surface area contributed by atoms with Crippen molar-refractivity contribution in [3.05, 3.63) is 72.3 Å². The number of thiophene rings is 1. The Labute approximate surface area is 212 Å². The van der Waals surface area contributed by atoms with Crippen molar-refractivity contribution in [1.29, 1.82) is 0 Å². The molecule has 9 heteroatoms. The van der Waals surface area contributed by atoms with Gasteiger partial charge >= 0.3 is 6.03 Å². The quantitative estimate of drug-likeness (QED) is 0.412. The number of nitrogens with zero attached hydrogens (tertiary/aromatic N) is 4. The first-order chi connectivity index (χ1) is 17.6. The molecule has 0 radical (unpaired) electrons. The summed E-state index contributed by atoms with van der Waals surface area (Å²) in [6, 6.07) is 16.7. The van der Waals surface area contributed by atoms with E-state index >= 15 is 0 Å². The number of rotatable bonds is 5. The highest BCUT2D eigenvalue weighted by Gasteiger charge is 2.42. The van der Waals surface area contributed by atoms with Crippen molar-refractivity contribution in [3.8, 4) is 16.2 Å². The zero-order valence-corrected chi connectivity index (χ0v) is 20.7. The number of benzene rings is 2. The number of urea groups is 1. The van der Waals surface area contributed by atoms with Crippen LogP contribution in [0.25, 0.3) is 20.7 Å². The van der Waals surface area contributed by atoms with Crippen LogP contribution in [0.3, 0.4) is 0 Å². The second-order valence-corrected chi connectivity index (χ2v) is 10.3. The minimum atomic E-state index is -0.248. The molecule has 2 unspecified atom stereocenters. The fourth-order valence-electron chi connectivity index (χ4n) is 5.27. The number of likely N-dealkylation sites (tertiary alicyclic amines) is 1. The summed E-state index contributed by atoms with van der Waals surface area (Å²) in [5, 5.41) is 3.06. The van der Waals surface area contributed by atoms with Crippen LogP contribution in [0.5, 0.6) is 5.75 Å². The van der Waals surface area contributed by atoms with Gasteiger partial charge in [-0.25, -0.2) is 19.2 Å². The molecule has 184 valence electrons. The van der Waals surface area contributed by atoms with E-state index in [4.69, 9.17) is 4.74 Å². The zero-order chi connectivity index (χ0) is 24.6. The van der Waals surface area contributed by atoms with Crippen LogP contribution in [0, 0.1) is 5.82 Å². The highest BCUT2D eigenvalue weighted by atomic mass is 32.1. The highest BCUT2D eigenvalue weighted by Crippen LogP contribution is 2.41. The minimum absolute atomic E-state index is 0.0445. The molecule has 0 saturated carbocycles. The molecule has 4 heterocycles. The lowest BCUT2D eigenvalue weighted by Gasteiger charge is -2.41. The van der Waals surface area contributed by atoms with E-state index in [0.29, 0.717) is 19.6 Å². The maximum absolute atomic E-state index is 13.4. The van der Waals surface area contributed by atoms with Gasteiger partial charge in [0.25, 0.3) is 0 Å². The summed E-state index contributed by atoms with van der Waals surface area (Å²) in [5.74, 6) is 1.46. The Balaban J connectivity index is 1.19. The molecule has 4 aromatic rings. The number of ether oxygens (including phenoxy) is 1. The number of methoxy groups -OCH3 is 1. The van der Waals surface area contributed by atoms with Crippen LogP contribution >= 0.6 is 11.3 Å². The first-order valence-corrected chi connectivity index (χ1v) is 12.9. The second kappa shape index (κ2) is 9.39. The average molecular weight is 504 g/mol. The van der Waals surface area contributed by atoms with Gasteiger partial charge in [-0.15, -0.1) is 11.3 Å². The van der Waals surface area contributed by atoms with E-state index in [1.807, 2.05) is 35.2 Å².